The van der Waals surface area contributed by atoms with Crippen LogP contribution in [0.4, 0.5) is 0 Å². The molecule has 1 amide bonds. The predicted molar refractivity (Wildman–Crippen MR) is 79.9 cm³/mol. The molecule has 114 valence electrons. The van der Waals surface area contributed by atoms with Crippen LogP contribution >= 0.6 is 0 Å². The van der Waals surface area contributed by atoms with E-state index >= 15 is 0 Å². The number of hydrogen-bond acceptors (Lipinski definition) is 3. The highest BCUT2D eigenvalue weighted by Gasteiger charge is 2.13. The van der Waals surface area contributed by atoms with Crippen molar-refractivity contribution in [2.75, 3.05) is 19.6 Å². The van der Waals surface area contributed by atoms with Crippen LogP contribution in [-0.4, -0.2) is 41.5 Å². The van der Waals surface area contributed by atoms with Crippen molar-refractivity contribution in [2.24, 2.45) is 0 Å². The maximum absolute atomic E-state index is 11.9. The smallest absolute Gasteiger partial charge is 0.307 e. The van der Waals surface area contributed by atoms with Gasteiger partial charge in [-0.05, 0) is 37.1 Å². The van der Waals surface area contributed by atoms with E-state index in [0.29, 0.717) is 13.0 Å². The Balaban J connectivity index is 1.79. The van der Waals surface area contributed by atoms with Crippen molar-refractivity contribution in [3.05, 3.63) is 35.4 Å². The molecule has 5 heteroatoms. The van der Waals surface area contributed by atoms with Gasteiger partial charge in [-0.25, -0.2) is 0 Å². The van der Waals surface area contributed by atoms with Gasteiger partial charge >= 0.3 is 5.97 Å². The lowest BCUT2D eigenvalue weighted by Gasteiger charge is -2.14. The summed E-state index contributed by atoms with van der Waals surface area (Å²) in [4.78, 5) is 25.0. The van der Waals surface area contributed by atoms with E-state index < -0.39 is 5.97 Å². The van der Waals surface area contributed by atoms with E-state index in [-0.39, 0.29) is 12.3 Å². The zero-order valence-corrected chi connectivity index (χ0v) is 12.2. The van der Waals surface area contributed by atoms with Gasteiger partial charge in [0.15, 0.2) is 0 Å². The van der Waals surface area contributed by atoms with E-state index in [1.54, 1.807) is 6.07 Å². The molecule has 1 aliphatic rings. The molecule has 2 N–H and O–H groups in total. The summed E-state index contributed by atoms with van der Waals surface area (Å²) in [6.07, 6.45) is 2.94. The van der Waals surface area contributed by atoms with Gasteiger partial charge in [-0.2, -0.15) is 0 Å². The Bertz CT molecular complexity index is 496. The largest absolute Gasteiger partial charge is 0.481 e. The minimum atomic E-state index is -0.859. The van der Waals surface area contributed by atoms with E-state index in [1.165, 1.54) is 12.8 Å². The van der Waals surface area contributed by atoms with Gasteiger partial charge in [0.2, 0.25) is 5.91 Å². The number of nitrogens with one attached hydrogen (secondary N) is 1. The summed E-state index contributed by atoms with van der Waals surface area (Å²) in [5.41, 5.74) is 1.62. The highest BCUT2D eigenvalue weighted by molar-refractivity contribution is 5.76. The van der Waals surface area contributed by atoms with Crippen LogP contribution in [-0.2, 0) is 22.6 Å². The average molecular weight is 290 g/mol. The Morgan fingerprint density at radius 3 is 2.48 bits per heavy atom. The second-order valence-corrected chi connectivity index (χ2v) is 5.41. The minimum Gasteiger partial charge on any atom is -0.481 e. The Morgan fingerprint density at radius 2 is 1.81 bits per heavy atom. The van der Waals surface area contributed by atoms with E-state index in [0.717, 1.165) is 30.8 Å². The van der Waals surface area contributed by atoms with Gasteiger partial charge < -0.3 is 15.3 Å². The Kier molecular flexibility index (Phi) is 5.75. The lowest BCUT2D eigenvalue weighted by molar-refractivity contribution is -0.136. The van der Waals surface area contributed by atoms with E-state index in [4.69, 9.17) is 5.11 Å². The molecule has 0 saturated carbocycles. The maximum atomic E-state index is 11.9. The minimum absolute atomic E-state index is 0.0141. The summed E-state index contributed by atoms with van der Waals surface area (Å²) in [5.74, 6) is -0.838. The lowest BCUT2D eigenvalue weighted by atomic mass is 10.0. The third-order valence-corrected chi connectivity index (χ3v) is 3.79. The molecule has 1 aromatic rings. The van der Waals surface area contributed by atoms with Crippen LogP contribution in [0.5, 0.6) is 0 Å². The van der Waals surface area contributed by atoms with Crippen LogP contribution < -0.4 is 5.32 Å². The normalized spacial score (nSPS) is 15.0. The molecule has 21 heavy (non-hydrogen) atoms. The molecule has 0 atom stereocenters. The van der Waals surface area contributed by atoms with Gasteiger partial charge in [0.25, 0.3) is 0 Å². The fourth-order valence-corrected chi connectivity index (χ4v) is 2.61. The second kappa shape index (κ2) is 7.78. The summed E-state index contributed by atoms with van der Waals surface area (Å²) in [6.45, 7) is 3.38. The molecular weight excluding hydrogens is 268 g/mol. The third-order valence-electron chi connectivity index (χ3n) is 3.79. The number of aliphatic carboxylic acids is 1. The van der Waals surface area contributed by atoms with Gasteiger partial charge in [-0.15, -0.1) is 0 Å². The van der Waals surface area contributed by atoms with Crippen LogP contribution in [0.3, 0.4) is 0 Å². The Labute approximate surface area is 125 Å². The van der Waals surface area contributed by atoms with Gasteiger partial charge in [0.1, 0.15) is 0 Å². The SMILES string of the molecule is O=C(O)Cc1ccccc1CNC(=O)CCN1CCCC1. The molecule has 1 aliphatic heterocycles. The standard InChI is InChI=1S/C16H22N2O3/c19-15(7-10-18-8-3-4-9-18)17-12-14-6-2-1-5-13(14)11-16(20)21/h1-2,5-6H,3-4,7-12H2,(H,17,19)(H,20,21). The van der Waals surface area contributed by atoms with Gasteiger partial charge in [0, 0.05) is 19.5 Å². The summed E-state index contributed by atoms with van der Waals surface area (Å²) < 4.78 is 0. The molecule has 2 rings (SSSR count). The first-order valence-corrected chi connectivity index (χ1v) is 7.43. The number of nitrogens with zero attached hydrogens (tertiary/aromatic N) is 1. The summed E-state index contributed by atoms with van der Waals surface area (Å²) >= 11 is 0. The molecule has 0 unspecified atom stereocenters. The van der Waals surface area contributed by atoms with Gasteiger partial charge in [-0.3, -0.25) is 9.59 Å². The van der Waals surface area contributed by atoms with Crippen molar-refractivity contribution >= 4 is 11.9 Å². The molecule has 0 aromatic heterocycles. The van der Waals surface area contributed by atoms with Gasteiger partial charge in [-0.1, -0.05) is 24.3 Å². The first-order valence-electron chi connectivity index (χ1n) is 7.43. The van der Waals surface area contributed by atoms with Gasteiger partial charge in [0.05, 0.1) is 6.42 Å². The predicted octanol–water partition coefficient (Wildman–Crippen LogP) is 1.42. The lowest BCUT2D eigenvalue weighted by Crippen LogP contribution is -2.29. The highest BCUT2D eigenvalue weighted by atomic mass is 16.4. The first-order chi connectivity index (χ1) is 10.1. The zero-order chi connectivity index (χ0) is 15.1. The van der Waals surface area contributed by atoms with E-state index in [2.05, 4.69) is 10.2 Å². The van der Waals surface area contributed by atoms with E-state index in [1.807, 2.05) is 18.2 Å². The van der Waals surface area contributed by atoms with E-state index in [9.17, 15) is 9.59 Å². The number of likely N-dealkylation sites (tertiary alicyclic amines) is 1. The summed E-state index contributed by atoms with van der Waals surface area (Å²) in [7, 11) is 0. The van der Waals surface area contributed by atoms with Crippen LogP contribution in [0.15, 0.2) is 24.3 Å². The number of rotatable bonds is 7. The average Bonchev–Trinajstić information content (AvgIpc) is 2.97. The molecule has 0 spiro atoms. The zero-order valence-electron chi connectivity index (χ0n) is 12.2. The number of carbonyl (C=O) groups excluding carboxylic acids is 1. The Hall–Kier alpha value is -1.88. The van der Waals surface area contributed by atoms with Crippen LogP contribution in [0.1, 0.15) is 30.4 Å². The molecule has 1 saturated heterocycles. The molecule has 1 heterocycles. The highest BCUT2D eigenvalue weighted by Crippen LogP contribution is 2.10. The second-order valence-electron chi connectivity index (χ2n) is 5.41. The van der Waals surface area contributed by atoms with Crippen LogP contribution in [0, 0.1) is 0 Å². The first kappa shape index (κ1) is 15.5. The van der Waals surface area contributed by atoms with Crippen LogP contribution in [0.2, 0.25) is 0 Å². The fraction of sp³-hybridized carbons (Fsp3) is 0.500. The van der Waals surface area contributed by atoms with Crippen molar-refractivity contribution < 1.29 is 14.7 Å². The topological polar surface area (TPSA) is 69.6 Å². The molecule has 1 fully saturated rings. The van der Waals surface area contributed by atoms with Crippen LogP contribution in [0.25, 0.3) is 0 Å². The number of carboxylic acids is 1. The molecule has 1 aromatic carbocycles. The summed E-state index contributed by atoms with van der Waals surface area (Å²) in [5, 5.41) is 11.8. The van der Waals surface area contributed by atoms with Crippen molar-refractivity contribution in [3.63, 3.8) is 0 Å². The van der Waals surface area contributed by atoms with Crippen molar-refractivity contribution in [2.45, 2.75) is 32.2 Å². The third kappa shape index (κ3) is 5.19. The number of carboxylic acid groups (broad SMARTS) is 1. The molecule has 5 nitrogen and oxygen atoms in total. The number of carbonyl (C=O) groups is 2. The van der Waals surface area contributed by atoms with Crippen molar-refractivity contribution in [1.82, 2.24) is 10.2 Å². The monoisotopic (exact) mass is 290 g/mol. The molecular formula is C16H22N2O3. The van der Waals surface area contributed by atoms with Crippen molar-refractivity contribution in [3.8, 4) is 0 Å². The molecule has 0 radical (unpaired) electrons. The molecule has 0 aliphatic carbocycles. The maximum Gasteiger partial charge on any atom is 0.307 e. The number of hydrogen-bond donors (Lipinski definition) is 2. The number of benzene rings is 1. The Morgan fingerprint density at radius 1 is 1.14 bits per heavy atom. The summed E-state index contributed by atoms with van der Waals surface area (Å²) in [6, 6.07) is 7.33. The van der Waals surface area contributed by atoms with Crippen molar-refractivity contribution in [1.29, 1.82) is 0 Å². The number of amides is 1. The fourth-order valence-electron chi connectivity index (χ4n) is 2.61. The molecule has 0 bridgehead atoms. The quantitative estimate of drug-likeness (QED) is 0.797.